The van der Waals surface area contributed by atoms with Crippen molar-refractivity contribution in [3.8, 4) is 0 Å². The summed E-state index contributed by atoms with van der Waals surface area (Å²) < 4.78 is 14.2. The van der Waals surface area contributed by atoms with Crippen molar-refractivity contribution in [1.82, 2.24) is 5.32 Å². The number of amides is 1. The molecule has 6 heteroatoms. The maximum atomic E-state index is 11.5. The smallest absolute Gasteiger partial charge is 0.407 e. The van der Waals surface area contributed by atoms with Gasteiger partial charge in [0.1, 0.15) is 6.04 Å². The zero-order valence-corrected chi connectivity index (χ0v) is 8.82. The van der Waals surface area contributed by atoms with Gasteiger partial charge in [-0.1, -0.05) is 0 Å². The molecule has 6 nitrogen and oxygen atoms in total. The first-order chi connectivity index (χ1) is 7.19. The van der Waals surface area contributed by atoms with Crippen LogP contribution in [0.1, 0.15) is 6.92 Å². The molecule has 1 fully saturated rings. The number of carbonyl (C=O) groups excluding carboxylic acids is 2. The largest absolute Gasteiger partial charge is 0.464 e. The van der Waals surface area contributed by atoms with Crippen molar-refractivity contribution in [3.05, 3.63) is 0 Å². The maximum absolute atomic E-state index is 11.5. The van der Waals surface area contributed by atoms with Crippen LogP contribution in [-0.4, -0.2) is 45.0 Å². The topological polar surface area (TPSA) is 73.9 Å². The summed E-state index contributed by atoms with van der Waals surface area (Å²) in [7, 11) is 1.24. The van der Waals surface area contributed by atoms with Gasteiger partial charge in [0.05, 0.1) is 26.9 Å². The Bertz CT molecular complexity index is 239. The van der Waals surface area contributed by atoms with Gasteiger partial charge >= 0.3 is 12.1 Å². The van der Waals surface area contributed by atoms with E-state index in [0.717, 1.165) is 0 Å². The van der Waals surface area contributed by atoms with Crippen LogP contribution in [-0.2, 0) is 19.0 Å². The molecule has 1 heterocycles. The van der Waals surface area contributed by atoms with E-state index < -0.39 is 18.1 Å². The first-order valence-electron chi connectivity index (χ1n) is 4.78. The van der Waals surface area contributed by atoms with Crippen molar-refractivity contribution in [2.24, 2.45) is 5.92 Å². The molecule has 0 aromatic heterocycles. The summed E-state index contributed by atoms with van der Waals surface area (Å²) in [6.07, 6.45) is -0.639. The van der Waals surface area contributed by atoms with Crippen LogP contribution in [0.5, 0.6) is 0 Å². The highest BCUT2D eigenvalue weighted by Gasteiger charge is 2.36. The van der Waals surface area contributed by atoms with Crippen LogP contribution >= 0.6 is 0 Å². The minimum atomic E-state index is -0.675. The Hall–Kier alpha value is -1.30. The van der Waals surface area contributed by atoms with Gasteiger partial charge in [-0.25, -0.2) is 9.59 Å². The number of alkyl carbamates (subject to hydrolysis) is 1. The molecule has 1 N–H and O–H groups in total. The highest BCUT2D eigenvalue weighted by atomic mass is 16.5. The Morgan fingerprint density at radius 2 is 2.20 bits per heavy atom. The molecule has 1 atom stereocenters. The molecule has 0 bridgehead atoms. The minimum Gasteiger partial charge on any atom is -0.464 e. The Labute approximate surface area is 87.9 Å². The highest BCUT2D eigenvalue weighted by Crippen LogP contribution is 2.16. The molecule has 1 aliphatic rings. The van der Waals surface area contributed by atoms with Crippen molar-refractivity contribution in [2.45, 2.75) is 13.0 Å². The number of ether oxygens (including phenoxy) is 3. The number of rotatable bonds is 4. The van der Waals surface area contributed by atoms with E-state index in [1.165, 1.54) is 7.11 Å². The molecule has 0 aliphatic carbocycles. The molecule has 1 saturated heterocycles. The van der Waals surface area contributed by atoms with Gasteiger partial charge < -0.3 is 19.5 Å². The van der Waals surface area contributed by atoms with Gasteiger partial charge in [-0.3, -0.25) is 0 Å². The van der Waals surface area contributed by atoms with Crippen LogP contribution in [0.15, 0.2) is 0 Å². The Balaban J connectivity index is 2.51. The van der Waals surface area contributed by atoms with E-state index in [0.29, 0.717) is 13.2 Å². The number of carbonyl (C=O) groups is 2. The summed E-state index contributed by atoms with van der Waals surface area (Å²) in [4.78, 5) is 22.5. The van der Waals surface area contributed by atoms with Gasteiger partial charge in [0.25, 0.3) is 0 Å². The molecule has 86 valence electrons. The van der Waals surface area contributed by atoms with Crippen molar-refractivity contribution in [1.29, 1.82) is 0 Å². The fraction of sp³-hybridized carbons (Fsp3) is 0.778. The summed E-state index contributed by atoms with van der Waals surface area (Å²) in [5, 5.41) is 2.44. The third-order valence-corrected chi connectivity index (χ3v) is 2.13. The van der Waals surface area contributed by atoms with Crippen LogP contribution in [0.25, 0.3) is 0 Å². The Kier molecular flexibility index (Phi) is 4.36. The molecule has 1 unspecified atom stereocenters. The van der Waals surface area contributed by atoms with Gasteiger partial charge in [0.15, 0.2) is 0 Å². The summed E-state index contributed by atoms with van der Waals surface area (Å²) in [6, 6.07) is -0.675. The van der Waals surface area contributed by atoms with Crippen LogP contribution in [0.2, 0.25) is 0 Å². The van der Waals surface area contributed by atoms with Gasteiger partial charge in [-0.2, -0.15) is 0 Å². The number of methoxy groups -OCH3 is 1. The summed E-state index contributed by atoms with van der Waals surface area (Å²) in [5.41, 5.74) is 0. The predicted octanol–water partition coefficient (Wildman–Crippen LogP) is -0.0795. The first-order valence-corrected chi connectivity index (χ1v) is 4.78. The molecule has 0 aromatic rings. The Morgan fingerprint density at radius 1 is 1.53 bits per heavy atom. The Morgan fingerprint density at radius 3 is 2.60 bits per heavy atom. The predicted molar refractivity (Wildman–Crippen MR) is 50.3 cm³/mol. The van der Waals surface area contributed by atoms with Crippen LogP contribution in [0.4, 0.5) is 4.79 Å². The molecular weight excluding hydrogens is 202 g/mol. The SMILES string of the molecule is CCOC(=O)C(NC(=O)OC)C1COC1. The zero-order valence-electron chi connectivity index (χ0n) is 8.82. The fourth-order valence-electron chi connectivity index (χ4n) is 1.23. The van der Waals surface area contributed by atoms with Crippen molar-refractivity contribution in [3.63, 3.8) is 0 Å². The quantitative estimate of drug-likeness (QED) is 0.667. The molecule has 1 aliphatic heterocycles. The molecule has 0 spiro atoms. The molecule has 0 saturated carbocycles. The van der Waals surface area contributed by atoms with E-state index in [1.807, 2.05) is 0 Å². The number of hydrogen-bond donors (Lipinski definition) is 1. The van der Waals surface area contributed by atoms with Gasteiger partial charge in [-0.05, 0) is 6.92 Å². The molecule has 0 radical (unpaired) electrons. The second kappa shape index (κ2) is 5.55. The third-order valence-electron chi connectivity index (χ3n) is 2.13. The lowest BCUT2D eigenvalue weighted by atomic mass is 9.98. The average Bonchev–Trinajstić information content (AvgIpc) is 2.14. The van der Waals surface area contributed by atoms with E-state index in [9.17, 15) is 9.59 Å². The second-order valence-corrected chi connectivity index (χ2v) is 3.16. The van der Waals surface area contributed by atoms with Crippen LogP contribution in [0.3, 0.4) is 0 Å². The normalized spacial score (nSPS) is 17.5. The number of esters is 1. The maximum Gasteiger partial charge on any atom is 0.407 e. The van der Waals surface area contributed by atoms with E-state index in [2.05, 4.69) is 10.1 Å². The van der Waals surface area contributed by atoms with E-state index in [1.54, 1.807) is 6.92 Å². The molecule has 15 heavy (non-hydrogen) atoms. The highest BCUT2D eigenvalue weighted by molar-refractivity contribution is 5.81. The monoisotopic (exact) mass is 217 g/mol. The first kappa shape index (κ1) is 11.8. The lowest BCUT2D eigenvalue weighted by Crippen LogP contribution is -2.53. The lowest BCUT2D eigenvalue weighted by molar-refractivity contribution is -0.153. The number of nitrogens with one attached hydrogen (secondary N) is 1. The summed E-state index contributed by atoms with van der Waals surface area (Å²) in [5.74, 6) is -0.473. The minimum absolute atomic E-state index is 0.0249. The average molecular weight is 217 g/mol. The van der Waals surface area contributed by atoms with Crippen LogP contribution < -0.4 is 5.32 Å². The lowest BCUT2D eigenvalue weighted by Gasteiger charge is -2.32. The van der Waals surface area contributed by atoms with Gasteiger partial charge in [0.2, 0.25) is 0 Å². The molecule has 0 aromatic carbocycles. The molecule has 1 amide bonds. The fourth-order valence-corrected chi connectivity index (χ4v) is 1.23. The summed E-state index contributed by atoms with van der Waals surface area (Å²) in [6.45, 7) is 2.90. The van der Waals surface area contributed by atoms with Crippen molar-refractivity contribution in [2.75, 3.05) is 26.9 Å². The number of hydrogen-bond acceptors (Lipinski definition) is 5. The van der Waals surface area contributed by atoms with E-state index >= 15 is 0 Å². The zero-order chi connectivity index (χ0) is 11.3. The van der Waals surface area contributed by atoms with Crippen LogP contribution in [0, 0.1) is 5.92 Å². The molecule has 1 rings (SSSR count). The standard InChI is InChI=1S/C9H15NO5/c1-3-15-8(11)7(6-4-14-5-6)10-9(12)13-2/h6-7H,3-5H2,1-2H3,(H,10,12). The van der Waals surface area contributed by atoms with E-state index in [-0.39, 0.29) is 12.5 Å². The van der Waals surface area contributed by atoms with Gasteiger partial charge in [-0.15, -0.1) is 0 Å². The van der Waals surface area contributed by atoms with Crippen molar-refractivity contribution >= 4 is 12.1 Å². The van der Waals surface area contributed by atoms with Gasteiger partial charge in [0, 0.05) is 5.92 Å². The third kappa shape index (κ3) is 3.09. The second-order valence-electron chi connectivity index (χ2n) is 3.16. The molecular formula is C9H15NO5. The summed E-state index contributed by atoms with van der Waals surface area (Å²) >= 11 is 0. The van der Waals surface area contributed by atoms with E-state index in [4.69, 9.17) is 9.47 Å². The van der Waals surface area contributed by atoms with Crippen molar-refractivity contribution < 1.29 is 23.8 Å².